The highest BCUT2D eigenvalue weighted by Crippen LogP contribution is 2.15. The summed E-state index contributed by atoms with van der Waals surface area (Å²) in [6.07, 6.45) is 1.81. The number of benzene rings is 1. The van der Waals surface area contributed by atoms with E-state index >= 15 is 0 Å². The van der Waals surface area contributed by atoms with Gasteiger partial charge in [0.25, 0.3) is 0 Å². The quantitative estimate of drug-likeness (QED) is 0.815. The molecule has 1 saturated heterocycles. The van der Waals surface area contributed by atoms with Gasteiger partial charge in [-0.15, -0.1) is 0 Å². The molecular formula is C15H21NO4S. The number of ketones is 1. The fraction of sp³-hybridized carbons (Fsp3) is 0.533. The van der Waals surface area contributed by atoms with Crippen molar-refractivity contribution in [1.82, 2.24) is 4.72 Å². The summed E-state index contributed by atoms with van der Waals surface area (Å²) in [7, 11) is -3.55. The number of ether oxygens (including phenoxy) is 1. The molecule has 0 bridgehead atoms. The summed E-state index contributed by atoms with van der Waals surface area (Å²) in [6, 6.07) is 6.05. The molecule has 1 N–H and O–H groups in total. The Balaban J connectivity index is 2.04. The van der Waals surface area contributed by atoms with Crippen LogP contribution in [0.15, 0.2) is 29.2 Å². The van der Waals surface area contributed by atoms with Crippen LogP contribution >= 0.6 is 0 Å². The molecule has 0 aliphatic carbocycles. The normalized spacial score (nSPS) is 19.1. The number of hydrogen-bond donors (Lipinski definition) is 1. The Kier molecular flexibility index (Phi) is 5.13. The molecule has 0 amide bonds. The Morgan fingerprint density at radius 3 is 2.52 bits per heavy atom. The molecule has 0 spiro atoms. The van der Waals surface area contributed by atoms with Gasteiger partial charge in [0, 0.05) is 24.6 Å². The van der Waals surface area contributed by atoms with Gasteiger partial charge in [-0.05, 0) is 25.0 Å². The third kappa shape index (κ3) is 4.12. The van der Waals surface area contributed by atoms with Crippen molar-refractivity contribution < 1.29 is 17.9 Å². The molecule has 1 aromatic rings. The van der Waals surface area contributed by atoms with E-state index in [0.717, 1.165) is 12.8 Å². The summed E-state index contributed by atoms with van der Waals surface area (Å²) in [5, 5.41) is 0. The monoisotopic (exact) mass is 311 g/mol. The molecule has 21 heavy (non-hydrogen) atoms. The zero-order valence-electron chi connectivity index (χ0n) is 12.3. The largest absolute Gasteiger partial charge is 0.377 e. The van der Waals surface area contributed by atoms with E-state index < -0.39 is 10.0 Å². The molecule has 1 unspecified atom stereocenters. The zero-order chi connectivity index (χ0) is 15.5. The summed E-state index contributed by atoms with van der Waals surface area (Å²) in [4.78, 5) is 12.0. The van der Waals surface area contributed by atoms with Gasteiger partial charge in [0.1, 0.15) is 0 Å². The fourth-order valence-electron chi connectivity index (χ4n) is 2.22. The van der Waals surface area contributed by atoms with Crippen LogP contribution in [0.3, 0.4) is 0 Å². The van der Waals surface area contributed by atoms with Gasteiger partial charge in [-0.25, -0.2) is 13.1 Å². The number of sulfonamides is 1. The maximum Gasteiger partial charge on any atom is 0.240 e. The van der Waals surface area contributed by atoms with Crippen molar-refractivity contribution >= 4 is 15.8 Å². The number of hydrogen-bond acceptors (Lipinski definition) is 4. The van der Waals surface area contributed by atoms with Gasteiger partial charge in [-0.2, -0.15) is 0 Å². The minimum absolute atomic E-state index is 0.00580. The molecule has 1 aromatic carbocycles. The second-order valence-corrected chi connectivity index (χ2v) is 7.30. The van der Waals surface area contributed by atoms with Crippen LogP contribution < -0.4 is 4.72 Å². The second kappa shape index (κ2) is 6.68. The molecule has 1 heterocycles. The first-order chi connectivity index (χ1) is 9.90. The number of carbonyl (C=O) groups excluding carboxylic acids is 1. The lowest BCUT2D eigenvalue weighted by Crippen LogP contribution is -2.31. The standard InChI is InChI=1S/C15H21NO4S/c1-11(2)15(17)12-5-7-14(8-6-12)21(18,19)16-10-13-4-3-9-20-13/h5-8,11,13,16H,3-4,9-10H2,1-2H3. The summed E-state index contributed by atoms with van der Waals surface area (Å²) in [5.41, 5.74) is 0.531. The van der Waals surface area contributed by atoms with Crippen LogP contribution in [0, 0.1) is 5.92 Å². The Morgan fingerprint density at radius 1 is 1.33 bits per heavy atom. The van der Waals surface area contributed by atoms with Crippen molar-refractivity contribution in [2.75, 3.05) is 13.2 Å². The van der Waals surface area contributed by atoms with Gasteiger partial charge < -0.3 is 4.74 Å². The lowest BCUT2D eigenvalue weighted by atomic mass is 10.0. The van der Waals surface area contributed by atoms with Crippen molar-refractivity contribution in [3.05, 3.63) is 29.8 Å². The van der Waals surface area contributed by atoms with Gasteiger partial charge >= 0.3 is 0 Å². The van der Waals surface area contributed by atoms with Gasteiger partial charge in [0.05, 0.1) is 11.0 Å². The molecule has 116 valence electrons. The Morgan fingerprint density at radius 2 is 2.00 bits per heavy atom. The van der Waals surface area contributed by atoms with E-state index in [2.05, 4.69) is 4.72 Å². The van der Waals surface area contributed by atoms with E-state index in [-0.39, 0.29) is 29.2 Å². The van der Waals surface area contributed by atoms with E-state index in [0.29, 0.717) is 12.2 Å². The predicted octanol–water partition coefficient (Wildman–Crippen LogP) is 1.98. The molecule has 0 radical (unpaired) electrons. The molecule has 5 nitrogen and oxygen atoms in total. The minimum atomic E-state index is -3.55. The van der Waals surface area contributed by atoms with Crippen LogP contribution in [-0.4, -0.2) is 33.5 Å². The van der Waals surface area contributed by atoms with Crippen molar-refractivity contribution in [2.45, 2.75) is 37.7 Å². The molecule has 1 aliphatic rings. The van der Waals surface area contributed by atoms with E-state index in [9.17, 15) is 13.2 Å². The van der Waals surface area contributed by atoms with Crippen LogP contribution in [0.4, 0.5) is 0 Å². The highest BCUT2D eigenvalue weighted by atomic mass is 32.2. The molecule has 6 heteroatoms. The van der Waals surface area contributed by atoms with Crippen molar-refractivity contribution in [3.63, 3.8) is 0 Å². The maximum atomic E-state index is 12.2. The number of Topliss-reactive ketones (excluding diaryl/α,β-unsaturated/α-hetero) is 1. The maximum absolute atomic E-state index is 12.2. The molecule has 0 saturated carbocycles. The minimum Gasteiger partial charge on any atom is -0.377 e. The van der Waals surface area contributed by atoms with Gasteiger partial charge in [-0.3, -0.25) is 4.79 Å². The smallest absolute Gasteiger partial charge is 0.240 e. The van der Waals surface area contributed by atoms with Crippen LogP contribution in [0.5, 0.6) is 0 Å². The van der Waals surface area contributed by atoms with E-state index in [4.69, 9.17) is 4.74 Å². The van der Waals surface area contributed by atoms with Crippen molar-refractivity contribution in [1.29, 1.82) is 0 Å². The van der Waals surface area contributed by atoms with Gasteiger partial charge in [0.15, 0.2) is 5.78 Å². The summed E-state index contributed by atoms with van der Waals surface area (Å²) >= 11 is 0. The number of nitrogens with one attached hydrogen (secondary N) is 1. The zero-order valence-corrected chi connectivity index (χ0v) is 13.2. The molecular weight excluding hydrogens is 290 g/mol. The molecule has 1 atom stereocenters. The number of carbonyl (C=O) groups is 1. The lowest BCUT2D eigenvalue weighted by Gasteiger charge is -2.12. The van der Waals surface area contributed by atoms with E-state index in [1.54, 1.807) is 12.1 Å². The highest BCUT2D eigenvalue weighted by Gasteiger charge is 2.20. The predicted molar refractivity (Wildman–Crippen MR) is 79.8 cm³/mol. The summed E-state index contributed by atoms with van der Waals surface area (Å²) in [5.74, 6) is -0.101. The van der Waals surface area contributed by atoms with Crippen LogP contribution in [0.25, 0.3) is 0 Å². The van der Waals surface area contributed by atoms with Crippen molar-refractivity contribution in [3.8, 4) is 0 Å². The van der Waals surface area contributed by atoms with E-state index in [1.165, 1.54) is 12.1 Å². The van der Waals surface area contributed by atoms with Crippen LogP contribution in [0.1, 0.15) is 37.0 Å². The van der Waals surface area contributed by atoms with Crippen molar-refractivity contribution in [2.24, 2.45) is 5.92 Å². The summed E-state index contributed by atoms with van der Waals surface area (Å²) in [6.45, 7) is 4.61. The van der Waals surface area contributed by atoms with Gasteiger partial charge in [0.2, 0.25) is 10.0 Å². The summed E-state index contributed by atoms with van der Waals surface area (Å²) < 4.78 is 32.2. The molecule has 1 aliphatic heterocycles. The second-order valence-electron chi connectivity index (χ2n) is 5.53. The third-order valence-electron chi connectivity index (χ3n) is 3.50. The first-order valence-corrected chi connectivity index (χ1v) is 8.64. The molecule has 2 rings (SSSR count). The third-order valence-corrected chi connectivity index (χ3v) is 4.94. The lowest BCUT2D eigenvalue weighted by molar-refractivity contribution is 0.0939. The Labute approximate surface area is 125 Å². The fourth-order valence-corrected chi connectivity index (χ4v) is 3.29. The average molecular weight is 311 g/mol. The van der Waals surface area contributed by atoms with Crippen LogP contribution in [-0.2, 0) is 14.8 Å². The van der Waals surface area contributed by atoms with Gasteiger partial charge in [-0.1, -0.05) is 26.0 Å². The SMILES string of the molecule is CC(C)C(=O)c1ccc(S(=O)(=O)NCC2CCCO2)cc1. The Bertz CT molecular complexity index is 587. The van der Waals surface area contributed by atoms with Crippen LogP contribution in [0.2, 0.25) is 0 Å². The highest BCUT2D eigenvalue weighted by molar-refractivity contribution is 7.89. The Hall–Kier alpha value is -1.24. The first-order valence-electron chi connectivity index (χ1n) is 7.15. The average Bonchev–Trinajstić information content (AvgIpc) is 2.98. The first kappa shape index (κ1) is 16.1. The molecule has 0 aromatic heterocycles. The topological polar surface area (TPSA) is 72.5 Å². The molecule has 1 fully saturated rings. The number of rotatable bonds is 6. The van der Waals surface area contributed by atoms with E-state index in [1.807, 2.05) is 13.8 Å².